The van der Waals surface area contributed by atoms with Gasteiger partial charge in [-0.25, -0.2) is 8.42 Å². The molecule has 7 heteroatoms. The molecule has 0 bridgehead atoms. The van der Waals surface area contributed by atoms with Crippen molar-refractivity contribution in [3.8, 4) is 0 Å². The van der Waals surface area contributed by atoms with Crippen molar-refractivity contribution in [1.29, 1.82) is 0 Å². The lowest BCUT2D eigenvalue weighted by atomic mass is 10.1. The standard InChI is InChI=1S/C19H20ClN3O2S/c1-2-5-15-8-10-17(11-9-15)26(24,25)22-19-12-13-23(21-19)14-16-6-3-4-7-18(16)20/h3-4,6-13H,2,5,14H2,1H3,(H,21,22). The van der Waals surface area contributed by atoms with E-state index in [1.165, 1.54) is 0 Å². The average Bonchev–Trinajstić information content (AvgIpc) is 3.04. The number of aryl methyl sites for hydroxylation is 1. The Balaban J connectivity index is 1.72. The fourth-order valence-corrected chi connectivity index (χ4v) is 3.82. The number of nitrogens with one attached hydrogen (secondary N) is 1. The highest BCUT2D eigenvalue weighted by Crippen LogP contribution is 2.18. The third-order valence-corrected chi connectivity index (χ3v) is 5.68. The maximum atomic E-state index is 12.5. The van der Waals surface area contributed by atoms with E-state index in [0.717, 1.165) is 24.0 Å². The van der Waals surface area contributed by atoms with Gasteiger partial charge in [-0.1, -0.05) is 55.3 Å². The van der Waals surface area contributed by atoms with Crippen molar-refractivity contribution in [2.45, 2.75) is 31.2 Å². The largest absolute Gasteiger partial charge is 0.266 e. The minimum absolute atomic E-state index is 0.220. The van der Waals surface area contributed by atoms with Gasteiger partial charge < -0.3 is 0 Å². The smallest absolute Gasteiger partial charge is 0.263 e. The molecule has 0 aliphatic carbocycles. The molecule has 0 amide bonds. The number of sulfonamides is 1. The Bertz CT molecular complexity index is 982. The number of nitrogens with zero attached hydrogens (tertiary/aromatic N) is 2. The van der Waals surface area contributed by atoms with Crippen LogP contribution in [-0.2, 0) is 23.0 Å². The van der Waals surface area contributed by atoms with Crippen LogP contribution >= 0.6 is 11.6 Å². The van der Waals surface area contributed by atoms with Crippen LogP contribution < -0.4 is 4.72 Å². The summed E-state index contributed by atoms with van der Waals surface area (Å²) in [5.41, 5.74) is 2.04. The Kier molecular flexibility index (Phi) is 5.64. The van der Waals surface area contributed by atoms with Crippen molar-refractivity contribution in [3.05, 3.63) is 76.9 Å². The maximum Gasteiger partial charge on any atom is 0.263 e. The zero-order valence-corrected chi connectivity index (χ0v) is 16.0. The first kappa shape index (κ1) is 18.5. The van der Waals surface area contributed by atoms with Crippen LogP contribution in [0.15, 0.2) is 65.7 Å². The highest BCUT2D eigenvalue weighted by molar-refractivity contribution is 7.92. The second-order valence-corrected chi connectivity index (χ2v) is 8.08. The van der Waals surface area contributed by atoms with Gasteiger partial charge in [0.1, 0.15) is 0 Å². The molecule has 2 aromatic carbocycles. The van der Waals surface area contributed by atoms with Crippen LogP contribution in [-0.4, -0.2) is 18.2 Å². The van der Waals surface area contributed by atoms with Crippen molar-refractivity contribution in [2.24, 2.45) is 0 Å². The van der Waals surface area contributed by atoms with Crippen molar-refractivity contribution in [2.75, 3.05) is 4.72 Å². The molecule has 0 saturated heterocycles. The zero-order chi connectivity index (χ0) is 18.6. The molecule has 0 aliphatic heterocycles. The number of rotatable bonds is 7. The van der Waals surface area contributed by atoms with Gasteiger partial charge in [-0.2, -0.15) is 5.10 Å². The fourth-order valence-electron chi connectivity index (χ4n) is 2.63. The molecule has 136 valence electrons. The number of anilines is 1. The summed E-state index contributed by atoms with van der Waals surface area (Å²) in [6.07, 6.45) is 3.67. The minimum Gasteiger partial charge on any atom is -0.266 e. The van der Waals surface area contributed by atoms with Gasteiger partial charge in [-0.3, -0.25) is 9.40 Å². The molecule has 0 radical (unpaired) electrons. The number of halogens is 1. The SMILES string of the molecule is CCCc1ccc(S(=O)(=O)Nc2ccn(Cc3ccccc3Cl)n2)cc1. The van der Waals surface area contributed by atoms with Gasteiger partial charge in [0.25, 0.3) is 10.0 Å². The first-order valence-electron chi connectivity index (χ1n) is 8.36. The van der Waals surface area contributed by atoms with Crippen LogP contribution in [0.4, 0.5) is 5.82 Å². The van der Waals surface area contributed by atoms with Crippen LogP contribution in [0.1, 0.15) is 24.5 Å². The molecule has 1 heterocycles. The van der Waals surface area contributed by atoms with E-state index in [1.807, 2.05) is 36.4 Å². The number of hydrogen-bond acceptors (Lipinski definition) is 3. The van der Waals surface area contributed by atoms with E-state index < -0.39 is 10.0 Å². The van der Waals surface area contributed by atoms with E-state index in [0.29, 0.717) is 11.6 Å². The third kappa shape index (κ3) is 4.45. The molecule has 0 aliphatic rings. The van der Waals surface area contributed by atoms with E-state index in [2.05, 4.69) is 16.7 Å². The Labute approximate surface area is 158 Å². The summed E-state index contributed by atoms with van der Waals surface area (Å²) in [6.45, 7) is 2.55. The lowest BCUT2D eigenvalue weighted by Gasteiger charge is -2.07. The quantitative estimate of drug-likeness (QED) is 0.653. The lowest BCUT2D eigenvalue weighted by molar-refractivity contribution is 0.600. The second-order valence-electron chi connectivity index (χ2n) is 5.99. The molecule has 1 aromatic heterocycles. The van der Waals surface area contributed by atoms with Crippen LogP contribution in [0, 0.1) is 0 Å². The molecule has 3 aromatic rings. The normalized spacial score (nSPS) is 11.5. The highest BCUT2D eigenvalue weighted by atomic mass is 35.5. The molecule has 0 unspecified atom stereocenters. The first-order chi connectivity index (χ1) is 12.5. The summed E-state index contributed by atoms with van der Waals surface area (Å²) < 4.78 is 29.2. The van der Waals surface area contributed by atoms with E-state index in [4.69, 9.17) is 11.6 Å². The summed E-state index contributed by atoms with van der Waals surface area (Å²) in [4.78, 5) is 0.220. The van der Waals surface area contributed by atoms with Crippen LogP contribution in [0.5, 0.6) is 0 Å². The van der Waals surface area contributed by atoms with E-state index in [9.17, 15) is 8.42 Å². The Hall–Kier alpha value is -2.31. The summed E-state index contributed by atoms with van der Waals surface area (Å²) in [6, 6.07) is 16.0. The maximum absolute atomic E-state index is 12.5. The van der Waals surface area contributed by atoms with Gasteiger partial charge in [0.15, 0.2) is 5.82 Å². The molecular weight excluding hydrogens is 370 g/mol. The summed E-state index contributed by atoms with van der Waals surface area (Å²) >= 11 is 6.15. The number of hydrogen-bond donors (Lipinski definition) is 1. The van der Waals surface area contributed by atoms with Crippen LogP contribution in [0.25, 0.3) is 0 Å². The third-order valence-electron chi connectivity index (χ3n) is 3.94. The average molecular weight is 390 g/mol. The lowest BCUT2D eigenvalue weighted by Crippen LogP contribution is -2.14. The van der Waals surface area contributed by atoms with Crippen molar-refractivity contribution >= 4 is 27.4 Å². The van der Waals surface area contributed by atoms with Gasteiger partial charge in [0, 0.05) is 17.3 Å². The van der Waals surface area contributed by atoms with Gasteiger partial charge in [0.2, 0.25) is 0 Å². The van der Waals surface area contributed by atoms with E-state index in [-0.39, 0.29) is 10.7 Å². The molecule has 0 spiro atoms. The number of aromatic nitrogens is 2. The molecule has 0 saturated carbocycles. The molecular formula is C19H20ClN3O2S. The number of benzene rings is 2. The van der Waals surface area contributed by atoms with Gasteiger partial charge in [-0.05, 0) is 35.7 Å². The van der Waals surface area contributed by atoms with E-state index >= 15 is 0 Å². The molecule has 26 heavy (non-hydrogen) atoms. The fraction of sp³-hybridized carbons (Fsp3) is 0.211. The Morgan fingerprint density at radius 1 is 1.08 bits per heavy atom. The van der Waals surface area contributed by atoms with Crippen LogP contribution in [0.2, 0.25) is 5.02 Å². The monoisotopic (exact) mass is 389 g/mol. The molecule has 0 fully saturated rings. The first-order valence-corrected chi connectivity index (χ1v) is 10.2. The van der Waals surface area contributed by atoms with E-state index in [1.54, 1.807) is 29.1 Å². The Morgan fingerprint density at radius 2 is 1.81 bits per heavy atom. The molecule has 5 nitrogen and oxygen atoms in total. The van der Waals surface area contributed by atoms with Gasteiger partial charge in [0.05, 0.1) is 11.4 Å². The van der Waals surface area contributed by atoms with Crippen molar-refractivity contribution < 1.29 is 8.42 Å². The van der Waals surface area contributed by atoms with Gasteiger partial charge in [-0.15, -0.1) is 0 Å². The topological polar surface area (TPSA) is 64.0 Å². The van der Waals surface area contributed by atoms with Crippen LogP contribution in [0.3, 0.4) is 0 Å². The molecule has 1 N–H and O–H groups in total. The summed E-state index contributed by atoms with van der Waals surface area (Å²) in [5.74, 6) is 0.273. The van der Waals surface area contributed by atoms with Crippen molar-refractivity contribution in [1.82, 2.24) is 9.78 Å². The molecule has 3 rings (SSSR count). The second kappa shape index (κ2) is 7.93. The highest BCUT2D eigenvalue weighted by Gasteiger charge is 2.15. The summed E-state index contributed by atoms with van der Waals surface area (Å²) in [5, 5.41) is 4.92. The minimum atomic E-state index is -3.66. The molecule has 0 atom stereocenters. The zero-order valence-electron chi connectivity index (χ0n) is 14.4. The predicted octanol–water partition coefficient (Wildman–Crippen LogP) is 4.34. The Morgan fingerprint density at radius 3 is 2.50 bits per heavy atom. The summed E-state index contributed by atoms with van der Waals surface area (Å²) in [7, 11) is -3.66. The van der Waals surface area contributed by atoms with Gasteiger partial charge >= 0.3 is 0 Å². The van der Waals surface area contributed by atoms with Crippen molar-refractivity contribution in [3.63, 3.8) is 0 Å². The predicted molar refractivity (Wildman–Crippen MR) is 104 cm³/mol.